The zero-order chi connectivity index (χ0) is 16.1. The van der Waals surface area contributed by atoms with E-state index in [1.54, 1.807) is 0 Å². The Morgan fingerprint density at radius 2 is 2.00 bits per heavy atom. The summed E-state index contributed by atoms with van der Waals surface area (Å²) < 4.78 is 37.9. The molecule has 1 rings (SSSR count). The van der Waals surface area contributed by atoms with E-state index in [-0.39, 0.29) is 30.5 Å². The fourth-order valence-electron chi connectivity index (χ4n) is 3.42. The summed E-state index contributed by atoms with van der Waals surface area (Å²) in [5, 5.41) is 12.4. The third-order valence-corrected chi connectivity index (χ3v) is 4.29. The summed E-state index contributed by atoms with van der Waals surface area (Å²) in [6.07, 6.45) is -1.19. The van der Waals surface area contributed by atoms with Crippen molar-refractivity contribution in [2.45, 2.75) is 52.3 Å². The highest BCUT2D eigenvalue weighted by Gasteiger charge is 2.37. The second kappa shape index (κ2) is 7.79. The summed E-state index contributed by atoms with van der Waals surface area (Å²) in [4.78, 5) is 1.34. The molecule has 2 N–H and O–H groups in total. The van der Waals surface area contributed by atoms with Gasteiger partial charge in [-0.15, -0.1) is 0 Å². The lowest BCUT2D eigenvalue weighted by Crippen LogP contribution is -2.49. The fourth-order valence-corrected chi connectivity index (χ4v) is 3.42. The molecule has 0 saturated heterocycles. The molecule has 1 aliphatic carbocycles. The van der Waals surface area contributed by atoms with Crippen LogP contribution in [-0.4, -0.2) is 55.0 Å². The highest BCUT2D eigenvalue weighted by molar-refractivity contribution is 4.90. The van der Waals surface area contributed by atoms with E-state index in [4.69, 9.17) is 5.11 Å². The molecule has 2 unspecified atom stereocenters. The minimum atomic E-state index is -4.22. The van der Waals surface area contributed by atoms with Crippen molar-refractivity contribution in [2.24, 2.45) is 11.3 Å². The summed E-state index contributed by atoms with van der Waals surface area (Å²) in [5.41, 5.74) is 0.180. The Morgan fingerprint density at radius 3 is 2.52 bits per heavy atom. The van der Waals surface area contributed by atoms with E-state index in [1.165, 1.54) is 4.90 Å². The molecule has 0 aromatic heterocycles. The largest absolute Gasteiger partial charge is 0.401 e. The Hall–Kier alpha value is -0.330. The Morgan fingerprint density at radius 1 is 1.33 bits per heavy atom. The minimum Gasteiger partial charge on any atom is -0.395 e. The first-order valence-corrected chi connectivity index (χ1v) is 7.80. The lowest BCUT2D eigenvalue weighted by molar-refractivity contribution is -0.149. The normalized spacial score (nSPS) is 26.3. The highest BCUT2D eigenvalue weighted by Crippen LogP contribution is 2.39. The van der Waals surface area contributed by atoms with E-state index in [0.29, 0.717) is 6.54 Å². The average molecular weight is 310 g/mol. The van der Waals surface area contributed by atoms with Gasteiger partial charge < -0.3 is 10.4 Å². The Bertz CT molecular complexity index is 308. The van der Waals surface area contributed by atoms with Gasteiger partial charge in [0.1, 0.15) is 0 Å². The van der Waals surface area contributed by atoms with Gasteiger partial charge in [-0.25, -0.2) is 0 Å². The molecule has 0 bridgehead atoms. The van der Waals surface area contributed by atoms with Crippen LogP contribution in [0.3, 0.4) is 0 Å². The molecule has 0 aliphatic heterocycles. The van der Waals surface area contributed by atoms with Crippen LogP contribution in [0.5, 0.6) is 0 Å². The van der Waals surface area contributed by atoms with Crippen LogP contribution in [0.25, 0.3) is 0 Å². The number of alkyl halides is 3. The van der Waals surface area contributed by atoms with Crippen LogP contribution >= 0.6 is 0 Å². The van der Waals surface area contributed by atoms with Gasteiger partial charge in [-0.05, 0) is 37.1 Å². The van der Waals surface area contributed by atoms with Gasteiger partial charge >= 0.3 is 6.18 Å². The number of hydrogen-bond donors (Lipinski definition) is 2. The average Bonchev–Trinajstić information content (AvgIpc) is 2.30. The van der Waals surface area contributed by atoms with Gasteiger partial charge in [0.2, 0.25) is 0 Å². The maximum Gasteiger partial charge on any atom is 0.401 e. The predicted molar refractivity (Wildman–Crippen MR) is 78.2 cm³/mol. The Kier molecular flexibility index (Phi) is 6.94. The third-order valence-electron chi connectivity index (χ3n) is 4.29. The Balaban J connectivity index is 2.71. The van der Waals surface area contributed by atoms with Gasteiger partial charge in [0, 0.05) is 19.1 Å². The van der Waals surface area contributed by atoms with Crippen LogP contribution < -0.4 is 5.32 Å². The highest BCUT2D eigenvalue weighted by atomic mass is 19.4. The summed E-state index contributed by atoms with van der Waals surface area (Å²) in [6, 6.07) is 0.275. The van der Waals surface area contributed by atoms with Crippen LogP contribution in [0.15, 0.2) is 0 Å². The maximum atomic E-state index is 12.6. The quantitative estimate of drug-likeness (QED) is 0.759. The van der Waals surface area contributed by atoms with Crippen molar-refractivity contribution in [3.8, 4) is 0 Å². The number of halogens is 3. The molecule has 2 atom stereocenters. The van der Waals surface area contributed by atoms with Gasteiger partial charge in [-0.2, -0.15) is 13.2 Å². The van der Waals surface area contributed by atoms with Crippen molar-refractivity contribution in [2.75, 3.05) is 32.8 Å². The Labute approximate surface area is 125 Å². The first-order valence-electron chi connectivity index (χ1n) is 7.80. The standard InChI is InChI=1S/C15H29F3N2O/c1-4-19-13-5-6-14(2,3)9-12(13)10-20(7-8-21)11-15(16,17)18/h12-13,19,21H,4-11H2,1-3H3. The molecule has 6 heteroatoms. The van der Waals surface area contributed by atoms with E-state index in [1.807, 2.05) is 6.92 Å². The summed E-state index contributed by atoms with van der Waals surface area (Å²) >= 11 is 0. The van der Waals surface area contributed by atoms with Crippen molar-refractivity contribution >= 4 is 0 Å². The van der Waals surface area contributed by atoms with Gasteiger partial charge in [0.15, 0.2) is 0 Å². The zero-order valence-electron chi connectivity index (χ0n) is 13.3. The van der Waals surface area contributed by atoms with Crippen LogP contribution in [0.1, 0.15) is 40.0 Å². The molecule has 0 amide bonds. The molecule has 1 fully saturated rings. The number of nitrogens with zero attached hydrogens (tertiary/aromatic N) is 1. The van der Waals surface area contributed by atoms with Gasteiger partial charge in [-0.1, -0.05) is 20.8 Å². The molecule has 0 aromatic carbocycles. The van der Waals surface area contributed by atoms with Crippen LogP contribution in [0, 0.1) is 11.3 Å². The summed E-state index contributed by atoms with van der Waals surface area (Å²) in [6.45, 7) is 6.52. The second-order valence-corrected chi connectivity index (χ2v) is 6.91. The molecule has 0 aromatic rings. The molecule has 1 aliphatic rings. The zero-order valence-corrected chi connectivity index (χ0v) is 13.3. The number of aliphatic hydroxyl groups is 1. The van der Waals surface area contributed by atoms with Crippen LogP contribution in [0.4, 0.5) is 13.2 Å². The third kappa shape index (κ3) is 6.98. The molecular weight excluding hydrogens is 281 g/mol. The van der Waals surface area contributed by atoms with E-state index < -0.39 is 12.7 Å². The fraction of sp³-hybridized carbons (Fsp3) is 1.00. The minimum absolute atomic E-state index is 0.0787. The number of rotatable bonds is 7. The van der Waals surface area contributed by atoms with E-state index in [9.17, 15) is 13.2 Å². The van der Waals surface area contributed by atoms with Crippen molar-refractivity contribution in [1.82, 2.24) is 10.2 Å². The number of hydrogen-bond acceptors (Lipinski definition) is 3. The molecule has 1 saturated carbocycles. The van der Waals surface area contributed by atoms with E-state index in [0.717, 1.165) is 25.8 Å². The van der Waals surface area contributed by atoms with Gasteiger partial charge in [0.25, 0.3) is 0 Å². The molecule has 21 heavy (non-hydrogen) atoms. The molecular formula is C15H29F3N2O. The first-order chi connectivity index (χ1) is 9.67. The lowest BCUT2D eigenvalue weighted by atomic mass is 9.69. The van der Waals surface area contributed by atoms with Crippen molar-refractivity contribution in [1.29, 1.82) is 0 Å². The molecule has 3 nitrogen and oxygen atoms in total. The SMILES string of the molecule is CCNC1CCC(C)(C)CC1CN(CCO)CC(F)(F)F. The molecule has 0 heterocycles. The van der Waals surface area contributed by atoms with E-state index in [2.05, 4.69) is 19.2 Å². The van der Waals surface area contributed by atoms with Gasteiger partial charge in [0.05, 0.1) is 13.2 Å². The molecule has 126 valence electrons. The van der Waals surface area contributed by atoms with Crippen LogP contribution in [-0.2, 0) is 0 Å². The number of nitrogens with one attached hydrogen (secondary N) is 1. The summed E-state index contributed by atoms with van der Waals surface area (Å²) in [7, 11) is 0. The maximum absolute atomic E-state index is 12.6. The number of aliphatic hydroxyl groups excluding tert-OH is 1. The monoisotopic (exact) mass is 310 g/mol. The second-order valence-electron chi connectivity index (χ2n) is 6.91. The van der Waals surface area contributed by atoms with Crippen LogP contribution in [0.2, 0.25) is 0 Å². The molecule has 0 radical (unpaired) electrons. The van der Waals surface area contributed by atoms with Crippen molar-refractivity contribution in [3.63, 3.8) is 0 Å². The van der Waals surface area contributed by atoms with E-state index >= 15 is 0 Å². The first kappa shape index (κ1) is 18.7. The van der Waals surface area contributed by atoms with Crippen molar-refractivity contribution < 1.29 is 18.3 Å². The summed E-state index contributed by atoms with van der Waals surface area (Å²) in [5.74, 6) is 0.197. The van der Waals surface area contributed by atoms with Gasteiger partial charge in [-0.3, -0.25) is 4.90 Å². The lowest BCUT2D eigenvalue weighted by Gasteiger charge is -2.43. The smallest absolute Gasteiger partial charge is 0.395 e. The molecule has 0 spiro atoms. The topological polar surface area (TPSA) is 35.5 Å². The predicted octanol–water partition coefficient (Wildman–Crippen LogP) is 2.65. The van der Waals surface area contributed by atoms with Crippen molar-refractivity contribution in [3.05, 3.63) is 0 Å².